The van der Waals surface area contributed by atoms with Crippen molar-refractivity contribution in [2.24, 2.45) is 5.92 Å². The van der Waals surface area contributed by atoms with Crippen LogP contribution < -0.4 is 19.1 Å². The molecule has 0 saturated carbocycles. The summed E-state index contributed by atoms with van der Waals surface area (Å²) in [4.78, 5) is 6.64. The van der Waals surface area contributed by atoms with Crippen molar-refractivity contribution in [3.05, 3.63) is 36.5 Å². The van der Waals surface area contributed by atoms with Gasteiger partial charge in [0.2, 0.25) is 0 Å². The molecule has 0 spiro atoms. The van der Waals surface area contributed by atoms with E-state index in [0.29, 0.717) is 17.4 Å². The predicted octanol–water partition coefficient (Wildman–Crippen LogP) is 3.14. The first-order valence-electron chi connectivity index (χ1n) is 8.89. The summed E-state index contributed by atoms with van der Waals surface area (Å²) in [5.41, 5.74) is 1.01. The fourth-order valence-electron chi connectivity index (χ4n) is 3.24. The lowest BCUT2D eigenvalue weighted by Crippen LogP contribution is -2.34. The van der Waals surface area contributed by atoms with Crippen LogP contribution in [-0.4, -0.2) is 40.7 Å². The highest BCUT2D eigenvalue weighted by molar-refractivity contribution is 7.92. The number of hydrogen-bond acceptors (Lipinski definition) is 6. The molecule has 1 saturated heterocycles. The fourth-order valence-corrected chi connectivity index (χ4v) is 4.26. The van der Waals surface area contributed by atoms with Crippen LogP contribution in [0.3, 0.4) is 0 Å². The first kappa shape index (κ1) is 19.3. The number of benzene rings is 1. The van der Waals surface area contributed by atoms with Crippen LogP contribution in [0.2, 0.25) is 0 Å². The minimum atomic E-state index is -3.78. The van der Waals surface area contributed by atoms with E-state index in [0.717, 1.165) is 25.2 Å². The number of nitrogens with one attached hydrogen (secondary N) is 1. The first-order chi connectivity index (χ1) is 12.9. The molecule has 0 radical (unpaired) electrons. The normalized spacial score (nSPS) is 17.4. The average Bonchev–Trinajstić information content (AvgIpc) is 2.67. The molecule has 27 heavy (non-hydrogen) atoms. The van der Waals surface area contributed by atoms with Gasteiger partial charge in [0.1, 0.15) is 5.82 Å². The van der Waals surface area contributed by atoms with Gasteiger partial charge in [0, 0.05) is 19.2 Å². The van der Waals surface area contributed by atoms with E-state index in [1.54, 1.807) is 18.3 Å². The van der Waals surface area contributed by atoms with Crippen LogP contribution in [0.1, 0.15) is 19.8 Å². The van der Waals surface area contributed by atoms with Gasteiger partial charge in [0.25, 0.3) is 10.0 Å². The molecule has 1 aliphatic rings. The Morgan fingerprint density at radius 1 is 1.15 bits per heavy atom. The van der Waals surface area contributed by atoms with Crippen LogP contribution in [0, 0.1) is 5.92 Å². The van der Waals surface area contributed by atoms with Crippen molar-refractivity contribution in [3.8, 4) is 11.5 Å². The van der Waals surface area contributed by atoms with Crippen molar-refractivity contribution in [1.82, 2.24) is 4.98 Å². The topological polar surface area (TPSA) is 80.8 Å². The number of aromatic nitrogens is 1. The highest BCUT2D eigenvalue weighted by Crippen LogP contribution is 2.30. The van der Waals surface area contributed by atoms with Gasteiger partial charge in [-0.05, 0) is 43.0 Å². The molecular weight excluding hydrogens is 366 g/mol. The van der Waals surface area contributed by atoms with Crippen LogP contribution in [0.15, 0.2) is 41.4 Å². The Morgan fingerprint density at radius 3 is 2.56 bits per heavy atom. The number of pyridine rings is 1. The van der Waals surface area contributed by atoms with E-state index < -0.39 is 10.0 Å². The van der Waals surface area contributed by atoms with Gasteiger partial charge in [-0.15, -0.1) is 0 Å². The van der Waals surface area contributed by atoms with Crippen LogP contribution in [0.25, 0.3) is 0 Å². The number of sulfonamides is 1. The predicted molar refractivity (Wildman–Crippen MR) is 105 cm³/mol. The highest BCUT2D eigenvalue weighted by atomic mass is 32.2. The molecule has 146 valence electrons. The molecule has 1 fully saturated rings. The molecule has 2 aromatic rings. The smallest absolute Gasteiger partial charge is 0.263 e. The van der Waals surface area contributed by atoms with Crippen molar-refractivity contribution in [2.75, 3.05) is 36.9 Å². The largest absolute Gasteiger partial charge is 0.493 e. The third kappa shape index (κ3) is 4.44. The van der Waals surface area contributed by atoms with Crippen molar-refractivity contribution in [3.63, 3.8) is 0 Å². The zero-order valence-electron chi connectivity index (χ0n) is 15.8. The summed E-state index contributed by atoms with van der Waals surface area (Å²) >= 11 is 0. The van der Waals surface area contributed by atoms with Crippen LogP contribution >= 0.6 is 0 Å². The molecule has 1 aromatic carbocycles. The lowest BCUT2D eigenvalue weighted by molar-refractivity contribution is 0.354. The monoisotopic (exact) mass is 391 g/mol. The fraction of sp³-hybridized carbons (Fsp3) is 0.421. The summed E-state index contributed by atoms with van der Waals surface area (Å²) in [5.74, 6) is 1.75. The van der Waals surface area contributed by atoms with E-state index in [1.807, 2.05) is 6.07 Å². The Bertz CT molecular complexity index is 884. The second-order valence-electron chi connectivity index (χ2n) is 6.72. The van der Waals surface area contributed by atoms with Crippen molar-refractivity contribution >= 4 is 21.5 Å². The zero-order chi connectivity index (χ0) is 19.4. The SMILES string of the molecule is COc1ccc(S(=O)(=O)Nc2ccc(N3CCCC(C)C3)cn2)cc1OC. The molecule has 3 rings (SSSR count). The molecule has 1 unspecified atom stereocenters. The van der Waals surface area contributed by atoms with Gasteiger partial charge in [-0.3, -0.25) is 4.72 Å². The molecule has 0 bridgehead atoms. The number of methoxy groups -OCH3 is 2. The maximum absolute atomic E-state index is 12.6. The number of rotatable bonds is 6. The number of nitrogens with zero attached hydrogens (tertiary/aromatic N) is 2. The van der Waals surface area contributed by atoms with Gasteiger partial charge in [0.15, 0.2) is 11.5 Å². The lowest BCUT2D eigenvalue weighted by Gasteiger charge is -2.32. The highest BCUT2D eigenvalue weighted by Gasteiger charge is 2.19. The van der Waals surface area contributed by atoms with Crippen LogP contribution in [0.5, 0.6) is 11.5 Å². The molecule has 0 aliphatic carbocycles. The lowest BCUT2D eigenvalue weighted by atomic mass is 10.00. The van der Waals surface area contributed by atoms with Crippen molar-refractivity contribution < 1.29 is 17.9 Å². The van der Waals surface area contributed by atoms with E-state index in [4.69, 9.17) is 9.47 Å². The summed E-state index contributed by atoms with van der Waals surface area (Å²) in [6.45, 7) is 4.24. The molecule has 1 atom stereocenters. The van der Waals surface area contributed by atoms with Crippen molar-refractivity contribution in [1.29, 1.82) is 0 Å². The van der Waals surface area contributed by atoms with Crippen molar-refractivity contribution in [2.45, 2.75) is 24.7 Å². The standard InChI is InChI=1S/C19H25N3O4S/c1-14-5-4-10-22(13-14)15-6-9-19(20-12-15)21-27(23,24)16-7-8-17(25-2)18(11-16)26-3/h6-9,11-12,14H,4-5,10,13H2,1-3H3,(H,20,21). The van der Waals surface area contributed by atoms with Gasteiger partial charge < -0.3 is 14.4 Å². The Morgan fingerprint density at radius 2 is 1.93 bits per heavy atom. The van der Waals surface area contributed by atoms with E-state index in [-0.39, 0.29) is 10.7 Å². The van der Waals surface area contributed by atoms with Gasteiger partial charge in [-0.2, -0.15) is 0 Å². The number of piperidine rings is 1. The van der Waals surface area contributed by atoms with Crippen LogP contribution in [-0.2, 0) is 10.0 Å². The second-order valence-corrected chi connectivity index (χ2v) is 8.40. The Kier molecular flexibility index (Phi) is 5.74. The molecule has 1 N–H and O–H groups in total. The number of hydrogen-bond donors (Lipinski definition) is 1. The molecular formula is C19H25N3O4S. The van der Waals surface area contributed by atoms with Gasteiger partial charge in [-0.25, -0.2) is 13.4 Å². The molecule has 1 aromatic heterocycles. The Labute approximate surface area is 160 Å². The Hall–Kier alpha value is -2.48. The maximum Gasteiger partial charge on any atom is 0.263 e. The summed E-state index contributed by atoms with van der Waals surface area (Å²) in [5, 5.41) is 0. The maximum atomic E-state index is 12.6. The third-order valence-electron chi connectivity index (χ3n) is 4.67. The van der Waals surface area contributed by atoms with Crippen LogP contribution in [0.4, 0.5) is 11.5 Å². The molecule has 8 heteroatoms. The van der Waals surface area contributed by atoms with E-state index in [1.165, 1.54) is 32.8 Å². The minimum absolute atomic E-state index is 0.0795. The summed E-state index contributed by atoms with van der Waals surface area (Å²) in [6, 6.07) is 8.03. The van der Waals surface area contributed by atoms with E-state index >= 15 is 0 Å². The zero-order valence-corrected chi connectivity index (χ0v) is 16.6. The Balaban J connectivity index is 1.76. The van der Waals surface area contributed by atoms with Gasteiger partial charge in [0.05, 0.1) is 31.0 Å². The molecule has 1 aliphatic heterocycles. The minimum Gasteiger partial charge on any atom is -0.493 e. The second kappa shape index (κ2) is 8.04. The summed E-state index contributed by atoms with van der Waals surface area (Å²) in [6.07, 6.45) is 4.12. The number of ether oxygens (including phenoxy) is 2. The van der Waals surface area contributed by atoms with Gasteiger partial charge >= 0.3 is 0 Å². The molecule has 7 nitrogen and oxygen atoms in total. The van der Waals surface area contributed by atoms with Gasteiger partial charge in [-0.1, -0.05) is 6.92 Å². The number of anilines is 2. The molecule has 0 amide bonds. The molecule has 2 heterocycles. The first-order valence-corrected chi connectivity index (χ1v) is 10.4. The average molecular weight is 391 g/mol. The van der Waals surface area contributed by atoms with E-state index in [9.17, 15) is 8.42 Å². The third-order valence-corrected chi connectivity index (χ3v) is 6.03. The van der Waals surface area contributed by atoms with E-state index in [2.05, 4.69) is 21.5 Å². The summed E-state index contributed by atoms with van der Waals surface area (Å²) in [7, 11) is -0.818. The quantitative estimate of drug-likeness (QED) is 0.815. The summed E-state index contributed by atoms with van der Waals surface area (Å²) < 4.78 is 38.1.